The Balaban J connectivity index is 1.55. The van der Waals surface area contributed by atoms with Crippen LogP contribution >= 0.6 is 11.8 Å². The van der Waals surface area contributed by atoms with Gasteiger partial charge in [0.25, 0.3) is 0 Å². The van der Waals surface area contributed by atoms with Gasteiger partial charge in [-0.1, -0.05) is 54.9 Å². The lowest BCUT2D eigenvalue weighted by atomic mass is 10.2. The summed E-state index contributed by atoms with van der Waals surface area (Å²) in [4.78, 5) is 12.3. The summed E-state index contributed by atoms with van der Waals surface area (Å²) in [6.07, 6.45) is 4.68. The summed E-state index contributed by atoms with van der Waals surface area (Å²) in [6, 6.07) is 10.3. The van der Waals surface area contributed by atoms with E-state index in [0.717, 1.165) is 23.6 Å². The maximum Gasteiger partial charge on any atom is 0.233 e. The van der Waals surface area contributed by atoms with Crippen LogP contribution in [0.1, 0.15) is 44.2 Å². The molecule has 2 aromatic rings. The van der Waals surface area contributed by atoms with Crippen LogP contribution in [0.2, 0.25) is 0 Å². The van der Waals surface area contributed by atoms with Gasteiger partial charge in [0.05, 0.1) is 11.3 Å². The molecule has 1 aromatic carbocycles. The predicted octanol–water partition coefficient (Wildman–Crippen LogP) is 2.59. The second kappa shape index (κ2) is 7.59. The zero-order valence-electron chi connectivity index (χ0n) is 13.2. The lowest BCUT2D eigenvalue weighted by molar-refractivity contribution is -0.120. The van der Waals surface area contributed by atoms with Crippen LogP contribution in [0.25, 0.3) is 0 Å². The van der Waals surface area contributed by atoms with Gasteiger partial charge >= 0.3 is 0 Å². The Morgan fingerprint density at radius 1 is 1.35 bits per heavy atom. The van der Waals surface area contributed by atoms with E-state index in [0.29, 0.717) is 12.6 Å². The van der Waals surface area contributed by atoms with Crippen molar-refractivity contribution in [3.8, 4) is 0 Å². The number of nitrogens with zero attached hydrogens (tertiary/aromatic N) is 4. The summed E-state index contributed by atoms with van der Waals surface area (Å²) in [5.74, 6) is -0.000162. The molecule has 23 heavy (non-hydrogen) atoms. The van der Waals surface area contributed by atoms with Crippen molar-refractivity contribution in [3.63, 3.8) is 0 Å². The molecule has 1 fully saturated rings. The van der Waals surface area contributed by atoms with E-state index in [-0.39, 0.29) is 11.2 Å². The molecule has 1 aliphatic carbocycles. The van der Waals surface area contributed by atoms with Crippen molar-refractivity contribution in [2.24, 2.45) is 0 Å². The van der Waals surface area contributed by atoms with Crippen LogP contribution in [-0.2, 0) is 11.3 Å². The van der Waals surface area contributed by atoms with Gasteiger partial charge in [-0.15, -0.1) is 5.10 Å². The van der Waals surface area contributed by atoms with E-state index in [1.54, 1.807) is 0 Å². The molecular weight excluding hydrogens is 310 g/mol. The van der Waals surface area contributed by atoms with Gasteiger partial charge in [-0.3, -0.25) is 4.79 Å². The summed E-state index contributed by atoms with van der Waals surface area (Å²) in [7, 11) is 0. The van der Waals surface area contributed by atoms with Crippen LogP contribution in [0.5, 0.6) is 0 Å². The standard InChI is InChI=1S/C16H21N5OS/c1-12(15(22)17-11-13-7-3-2-4-8-13)23-16-18-19-20-21(16)14-9-5-6-10-14/h2-4,7-8,12,14H,5-6,9-11H2,1H3,(H,17,22). The van der Waals surface area contributed by atoms with Crippen LogP contribution < -0.4 is 5.32 Å². The number of carbonyl (C=O) groups is 1. The van der Waals surface area contributed by atoms with Gasteiger partial charge in [-0.2, -0.15) is 0 Å². The summed E-state index contributed by atoms with van der Waals surface area (Å²) in [5.41, 5.74) is 1.09. The number of thioether (sulfide) groups is 1. The highest BCUT2D eigenvalue weighted by Crippen LogP contribution is 2.32. The van der Waals surface area contributed by atoms with Gasteiger partial charge in [0.1, 0.15) is 0 Å². The molecule has 0 radical (unpaired) electrons. The summed E-state index contributed by atoms with van der Waals surface area (Å²) in [6.45, 7) is 2.43. The van der Waals surface area contributed by atoms with Crippen molar-refractivity contribution in [1.29, 1.82) is 0 Å². The predicted molar refractivity (Wildman–Crippen MR) is 88.9 cm³/mol. The molecule has 6 nitrogen and oxygen atoms in total. The summed E-state index contributed by atoms with van der Waals surface area (Å²) >= 11 is 1.42. The van der Waals surface area contributed by atoms with E-state index in [1.165, 1.54) is 24.6 Å². The van der Waals surface area contributed by atoms with Crippen molar-refractivity contribution in [3.05, 3.63) is 35.9 Å². The molecular formula is C16H21N5OS. The number of amides is 1. The number of benzene rings is 1. The third kappa shape index (κ3) is 4.10. The lowest BCUT2D eigenvalue weighted by Crippen LogP contribution is -2.30. The fourth-order valence-electron chi connectivity index (χ4n) is 2.78. The van der Waals surface area contributed by atoms with Gasteiger partial charge in [0.15, 0.2) is 0 Å². The third-order valence-electron chi connectivity index (χ3n) is 4.09. The number of carbonyl (C=O) groups excluding carboxylic acids is 1. The normalized spacial score (nSPS) is 16.4. The first-order valence-corrected chi connectivity index (χ1v) is 8.88. The first-order chi connectivity index (χ1) is 11.2. The molecule has 1 N–H and O–H groups in total. The Labute approximate surface area is 140 Å². The van der Waals surface area contributed by atoms with Crippen molar-refractivity contribution < 1.29 is 4.79 Å². The maximum atomic E-state index is 12.3. The Morgan fingerprint density at radius 3 is 2.83 bits per heavy atom. The molecule has 0 bridgehead atoms. The van der Waals surface area contributed by atoms with Gasteiger partial charge in [0, 0.05) is 6.54 Å². The fourth-order valence-corrected chi connectivity index (χ4v) is 3.67. The quantitative estimate of drug-likeness (QED) is 0.824. The molecule has 1 atom stereocenters. The molecule has 1 amide bonds. The van der Waals surface area contributed by atoms with E-state index < -0.39 is 0 Å². The Morgan fingerprint density at radius 2 is 2.09 bits per heavy atom. The monoisotopic (exact) mass is 331 g/mol. The van der Waals surface area contributed by atoms with Crippen molar-refractivity contribution in [2.75, 3.05) is 0 Å². The number of hydrogen-bond donors (Lipinski definition) is 1. The minimum atomic E-state index is -0.232. The zero-order valence-corrected chi connectivity index (χ0v) is 14.0. The van der Waals surface area contributed by atoms with Crippen LogP contribution in [0.4, 0.5) is 0 Å². The Bertz CT molecular complexity index is 639. The number of hydrogen-bond acceptors (Lipinski definition) is 5. The molecule has 1 heterocycles. The second-order valence-corrected chi connectivity index (χ2v) is 7.12. The molecule has 1 aliphatic rings. The number of aromatic nitrogens is 4. The smallest absolute Gasteiger partial charge is 0.233 e. The highest BCUT2D eigenvalue weighted by molar-refractivity contribution is 8.00. The average Bonchev–Trinajstić information content (AvgIpc) is 3.24. The third-order valence-corrected chi connectivity index (χ3v) is 5.14. The van der Waals surface area contributed by atoms with Crippen molar-refractivity contribution in [2.45, 2.75) is 55.6 Å². The summed E-state index contributed by atoms with van der Waals surface area (Å²) < 4.78 is 1.89. The van der Waals surface area contributed by atoms with Gasteiger partial charge in [-0.05, 0) is 35.8 Å². The van der Waals surface area contributed by atoms with E-state index in [4.69, 9.17) is 0 Å². The number of nitrogens with one attached hydrogen (secondary N) is 1. The van der Waals surface area contributed by atoms with E-state index in [2.05, 4.69) is 20.8 Å². The Kier molecular flexibility index (Phi) is 5.27. The topological polar surface area (TPSA) is 72.7 Å². The van der Waals surface area contributed by atoms with Crippen LogP contribution in [0.15, 0.2) is 35.5 Å². The van der Waals surface area contributed by atoms with Crippen LogP contribution in [0, 0.1) is 0 Å². The molecule has 1 unspecified atom stereocenters. The van der Waals surface area contributed by atoms with Crippen LogP contribution in [-0.4, -0.2) is 31.4 Å². The highest BCUT2D eigenvalue weighted by Gasteiger charge is 2.24. The molecule has 7 heteroatoms. The van der Waals surface area contributed by atoms with Crippen LogP contribution in [0.3, 0.4) is 0 Å². The molecule has 122 valence electrons. The average molecular weight is 331 g/mol. The van der Waals surface area contributed by atoms with Gasteiger partial charge in [-0.25, -0.2) is 4.68 Å². The number of rotatable bonds is 6. The van der Waals surface area contributed by atoms with Gasteiger partial charge < -0.3 is 5.32 Å². The molecule has 0 saturated heterocycles. The zero-order chi connectivity index (χ0) is 16.1. The van der Waals surface area contributed by atoms with Crippen molar-refractivity contribution in [1.82, 2.24) is 25.5 Å². The lowest BCUT2D eigenvalue weighted by Gasteiger charge is -2.14. The first-order valence-electron chi connectivity index (χ1n) is 8.00. The highest BCUT2D eigenvalue weighted by atomic mass is 32.2. The molecule has 0 spiro atoms. The SMILES string of the molecule is CC(Sc1nnnn1C1CCCC1)C(=O)NCc1ccccc1. The van der Waals surface area contributed by atoms with E-state index in [1.807, 2.05) is 41.9 Å². The minimum Gasteiger partial charge on any atom is -0.351 e. The molecule has 3 rings (SSSR count). The van der Waals surface area contributed by atoms with E-state index in [9.17, 15) is 4.79 Å². The van der Waals surface area contributed by atoms with Gasteiger partial charge in [0.2, 0.25) is 11.1 Å². The fraction of sp³-hybridized carbons (Fsp3) is 0.500. The van der Waals surface area contributed by atoms with Crippen molar-refractivity contribution >= 4 is 17.7 Å². The second-order valence-electron chi connectivity index (χ2n) is 5.81. The minimum absolute atomic E-state index is 0.000162. The number of tetrazole rings is 1. The maximum absolute atomic E-state index is 12.3. The summed E-state index contributed by atoms with van der Waals surface area (Å²) in [5, 5.41) is 15.4. The molecule has 1 aromatic heterocycles. The first kappa shape index (κ1) is 16.0. The Hall–Kier alpha value is -1.89. The molecule has 0 aliphatic heterocycles. The molecule has 1 saturated carbocycles. The largest absolute Gasteiger partial charge is 0.351 e. The van der Waals surface area contributed by atoms with E-state index >= 15 is 0 Å².